The van der Waals surface area contributed by atoms with Crippen molar-refractivity contribution < 1.29 is 51.4 Å². The highest BCUT2D eigenvalue weighted by atomic mass is 32.2. The summed E-state index contributed by atoms with van der Waals surface area (Å²) in [7, 11) is 4.51. The molecule has 29 heteroatoms. The van der Waals surface area contributed by atoms with Crippen molar-refractivity contribution in [1.82, 2.24) is 50.4 Å². The number of rotatable bonds is 15. The Kier molecular flexibility index (Phi) is 14.6. The van der Waals surface area contributed by atoms with Gasteiger partial charge in [0.2, 0.25) is 10.3 Å². The molecule has 6 aromatic rings. The molecular formula is C40H37F3N14O8S4. The van der Waals surface area contributed by atoms with Gasteiger partial charge < -0.3 is 20.1 Å². The molecule has 8 rings (SSSR count). The summed E-state index contributed by atoms with van der Waals surface area (Å²) in [5.74, 6) is -3.57. The number of ether oxygens (including phenoxy) is 2. The molecule has 4 N–H and O–H groups in total. The number of urea groups is 2. The summed E-state index contributed by atoms with van der Waals surface area (Å²) in [5, 5.41) is 32.6. The predicted molar refractivity (Wildman–Crippen MR) is 242 cm³/mol. The lowest BCUT2D eigenvalue weighted by molar-refractivity contribution is -0.137. The molecule has 2 saturated carbocycles. The van der Waals surface area contributed by atoms with E-state index in [1.165, 1.54) is 36.6 Å². The van der Waals surface area contributed by atoms with E-state index in [1.807, 2.05) is 0 Å². The van der Waals surface area contributed by atoms with Gasteiger partial charge in [0.05, 0.1) is 24.0 Å². The Morgan fingerprint density at radius 2 is 1.12 bits per heavy atom. The summed E-state index contributed by atoms with van der Waals surface area (Å²) in [6, 6.07) is 5.27. The van der Waals surface area contributed by atoms with Crippen molar-refractivity contribution in [2.24, 2.45) is 25.9 Å². The Morgan fingerprint density at radius 1 is 0.667 bits per heavy atom. The number of hydrogen-bond donors (Lipinski definition) is 4. The van der Waals surface area contributed by atoms with Crippen molar-refractivity contribution in [2.45, 2.75) is 76.3 Å². The largest absolute Gasteiger partial charge is 0.497 e. The number of benzene rings is 2. The maximum Gasteiger partial charge on any atom is 0.416 e. The molecule has 0 spiro atoms. The van der Waals surface area contributed by atoms with Crippen LogP contribution in [0.1, 0.15) is 98.6 Å². The topological polar surface area (TPSA) is 282 Å². The fraction of sp³-hybridized carbons (Fsp3) is 0.350. The highest BCUT2D eigenvalue weighted by molar-refractivity contribution is 8.01. The Labute approximate surface area is 404 Å². The lowest BCUT2D eigenvalue weighted by Gasteiger charge is -2.16. The number of Topliss-reactive ketones (excluding diaryl/α,β-unsaturated/α-hetero) is 2. The predicted octanol–water partition coefficient (Wildman–Crippen LogP) is 8.01. The van der Waals surface area contributed by atoms with E-state index < -0.39 is 58.8 Å². The van der Waals surface area contributed by atoms with Gasteiger partial charge >= 0.3 is 30.2 Å². The third-order valence-electron chi connectivity index (χ3n) is 10.8. The zero-order valence-corrected chi connectivity index (χ0v) is 39.5. The van der Waals surface area contributed by atoms with Gasteiger partial charge in [-0.05, 0) is 106 Å². The maximum atomic E-state index is 13.9. The number of aromatic nitrogens is 10. The van der Waals surface area contributed by atoms with E-state index in [1.54, 1.807) is 12.1 Å². The minimum Gasteiger partial charge on any atom is -0.497 e. The van der Waals surface area contributed by atoms with Crippen molar-refractivity contribution in [3.63, 3.8) is 0 Å². The number of thiazole rings is 2. The number of carbonyl (C=O) groups is 6. The molecule has 0 radical (unpaired) electrons. The minimum atomic E-state index is -4.75. The van der Waals surface area contributed by atoms with Crippen LogP contribution in [-0.2, 0) is 25.0 Å². The first-order chi connectivity index (χ1) is 33.0. The summed E-state index contributed by atoms with van der Waals surface area (Å²) in [4.78, 5) is 90.0. The number of halogens is 3. The average molecular weight is 1030 g/mol. The Balaban J connectivity index is 1.03. The molecule has 4 heterocycles. The number of ketones is 2. The number of anilines is 4. The van der Waals surface area contributed by atoms with Crippen LogP contribution in [0.2, 0.25) is 0 Å². The molecule has 2 aliphatic rings. The lowest BCUT2D eigenvalue weighted by Crippen LogP contribution is -2.23. The van der Waals surface area contributed by atoms with Crippen LogP contribution in [0, 0.1) is 11.8 Å². The third-order valence-corrected chi connectivity index (χ3v) is 15.1. The maximum absolute atomic E-state index is 13.9. The number of nitrogens with one attached hydrogen (secondary N) is 4. The molecule has 0 saturated heterocycles. The molecule has 2 aromatic carbocycles. The molecule has 0 bridgehead atoms. The van der Waals surface area contributed by atoms with Crippen LogP contribution in [0.15, 0.2) is 55.1 Å². The highest BCUT2D eigenvalue weighted by Crippen LogP contribution is 2.40. The number of nitrogens with zero attached hydrogens (tertiary/aromatic N) is 10. The molecule has 0 atom stereocenters. The Morgan fingerprint density at radius 3 is 1.54 bits per heavy atom. The van der Waals surface area contributed by atoms with Crippen molar-refractivity contribution >= 4 is 103 Å². The smallest absolute Gasteiger partial charge is 0.416 e. The molecular weight excluding hydrogens is 990 g/mol. The van der Waals surface area contributed by atoms with Crippen LogP contribution in [0.25, 0.3) is 0 Å². The lowest BCUT2D eigenvalue weighted by atomic mass is 9.93. The summed E-state index contributed by atoms with van der Waals surface area (Å²) < 4.78 is 54.5. The first kappa shape index (κ1) is 48.6. The van der Waals surface area contributed by atoms with Crippen LogP contribution in [0.5, 0.6) is 5.75 Å². The van der Waals surface area contributed by atoms with Crippen LogP contribution < -0.4 is 26.0 Å². The van der Waals surface area contributed by atoms with E-state index in [4.69, 9.17) is 9.47 Å². The molecule has 69 heavy (non-hydrogen) atoms. The number of amides is 4. The number of methoxy groups -OCH3 is 1. The number of carbonyl (C=O) groups excluding carboxylic acids is 6. The quantitative estimate of drug-likeness (QED) is 0.0430. The SMILES string of the molecule is COc1ccc(NC(=O)Nc2nc(C(=O)OC(=O)c3nc(NC(=O)Nc4ccc(C(F)(F)F)cc4C(=O)C4CCCC4)sc3Sc3nnnn3C)c(Sc3nnnn3C)s2)c(C(=O)C2CCCC2)c1. The van der Waals surface area contributed by atoms with E-state index >= 15 is 0 Å². The van der Waals surface area contributed by atoms with E-state index in [0.717, 1.165) is 96.9 Å². The molecule has 4 amide bonds. The first-order valence-corrected chi connectivity index (χ1v) is 24.0. The van der Waals surface area contributed by atoms with Gasteiger partial charge in [0.1, 0.15) is 14.2 Å². The molecule has 22 nitrogen and oxygen atoms in total. The average Bonchev–Trinajstić information content (AvgIpc) is 4.19. The molecule has 0 unspecified atom stereocenters. The van der Waals surface area contributed by atoms with Crippen molar-refractivity contribution in [1.29, 1.82) is 0 Å². The molecule has 2 aliphatic carbocycles. The van der Waals surface area contributed by atoms with Gasteiger partial charge in [-0.2, -0.15) is 13.2 Å². The number of hydrogen-bond acceptors (Lipinski definition) is 20. The van der Waals surface area contributed by atoms with E-state index in [2.05, 4.69) is 62.3 Å². The zero-order chi connectivity index (χ0) is 49.0. The van der Waals surface area contributed by atoms with E-state index in [-0.39, 0.29) is 63.2 Å². The van der Waals surface area contributed by atoms with Gasteiger partial charge in [-0.3, -0.25) is 20.2 Å². The van der Waals surface area contributed by atoms with Crippen LogP contribution in [-0.4, -0.2) is 93.1 Å². The minimum absolute atomic E-state index is 0.0361. The molecule has 2 fully saturated rings. The number of esters is 2. The summed E-state index contributed by atoms with van der Waals surface area (Å²) in [6.07, 6.45) is 0.992. The first-order valence-electron chi connectivity index (χ1n) is 20.8. The fourth-order valence-corrected chi connectivity index (χ4v) is 11.3. The van der Waals surface area contributed by atoms with Crippen molar-refractivity contribution in [3.8, 4) is 5.75 Å². The van der Waals surface area contributed by atoms with Gasteiger partial charge in [-0.1, -0.05) is 48.4 Å². The number of alkyl halides is 3. The van der Waals surface area contributed by atoms with Crippen LogP contribution >= 0.6 is 46.2 Å². The Bertz CT molecular complexity index is 2960. The molecule has 360 valence electrons. The second-order valence-corrected chi connectivity index (χ2v) is 19.9. The fourth-order valence-electron chi connectivity index (χ4n) is 7.39. The van der Waals surface area contributed by atoms with Crippen LogP contribution in [0.3, 0.4) is 0 Å². The zero-order valence-electron chi connectivity index (χ0n) is 36.3. The molecule has 4 aromatic heterocycles. The normalized spacial score (nSPS) is 14.1. The van der Waals surface area contributed by atoms with Gasteiger partial charge in [-0.25, -0.2) is 38.5 Å². The van der Waals surface area contributed by atoms with Crippen LogP contribution in [0.4, 0.5) is 44.4 Å². The highest BCUT2D eigenvalue weighted by Gasteiger charge is 2.35. The van der Waals surface area contributed by atoms with Gasteiger partial charge in [-0.15, -0.1) is 10.2 Å². The summed E-state index contributed by atoms with van der Waals surface area (Å²) >= 11 is 3.27. The standard InChI is InChI=1S/C40H37F3N14O8S4/c1-56-38(50-52-54-56)68-32-26(46-36(66-32)48-34(62)44-24-14-12-20(40(41,42)43)16-22(24)28(58)18-8-4-5-9-18)30(60)65-31(61)27-33(69-39-51-53-55-57(39)2)67-37(47-27)49-35(63)45-25-15-13-21(64-3)17-23(25)29(59)19-10-6-7-11-19/h12-19H,4-11H2,1-3H3,(H2,44,46,48,62)(H2,45,47,49,63). The van der Waals surface area contributed by atoms with E-state index in [0.29, 0.717) is 24.7 Å². The number of tetrazole rings is 2. The van der Waals surface area contributed by atoms with Crippen molar-refractivity contribution in [2.75, 3.05) is 28.4 Å². The monoisotopic (exact) mass is 1030 g/mol. The Hall–Kier alpha value is -6.85. The van der Waals surface area contributed by atoms with Gasteiger partial charge in [0.25, 0.3) is 0 Å². The second-order valence-electron chi connectivity index (χ2n) is 15.4. The van der Waals surface area contributed by atoms with Gasteiger partial charge in [0.15, 0.2) is 33.2 Å². The number of aryl methyl sites for hydroxylation is 2. The van der Waals surface area contributed by atoms with Gasteiger partial charge in [0, 0.05) is 37.1 Å². The van der Waals surface area contributed by atoms with E-state index in [9.17, 15) is 41.9 Å². The second kappa shape index (κ2) is 20.8. The van der Waals surface area contributed by atoms with Crippen molar-refractivity contribution in [3.05, 3.63) is 64.5 Å². The third kappa shape index (κ3) is 11.4. The summed E-state index contributed by atoms with van der Waals surface area (Å²) in [6.45, 7) is 0. The molecule has 0 aliphatic heterocycles. The summed E-state index contributed by atoms with van der Waals surface area (Å²) in [5.41, 5.74) is -2.00.